The van der Waals surface area contributed by atoms with E-state index in [0.717, 1.165) is 25.1 Å². The van der Waals surface area contributed by atoms with Crippen molar-refractivity contribution in [1.29, 1.82) is 0 Å². The zero-order chi connectivity index (χ0) is 12.7. The Labute approximate surface area is 110 Å². The fraction of sp³-hybridized carbons (Fsp3) is 0.455. The minimum atomic E-state index is -0.452. The molecular weight excluding hydrogens is 260 g/mol. The third-order valence-electron chi connectivity index (χ3n) is 2.26. The number of nitrogens with zero attached hydrogens (tertiary/aromatic N) is 1. The molecule has 1 aromatic carbocycles. The Morgan fingerprint density at radius 1 is 1.47 bits per heavy atom. The molecule has 0 aliphatic rings. The lowest BCUT2D eigenvalue weighted by atomic mass is 10.2. The number of hydrogen-bond acceptors (Lipinski definition) is 4. The van der Waals surface area contributed by atoms with Gasteiger partial charge in [-0.2, -0.15) is 11.8 Å². The number of halogens is 1. The molecule has 0 amide bonds. The first-order valence-corrected chi connectivity index (χ1v) is 7.09. The van der Waals surface area contributed by atoms with Crippen LogP contribution in [0.1, 0.15) is 12.8 Å². The summed E-state index contributed by atoms with van der Waals surface area (Å²) >= 11 is 7.60. The lowest BCUT2D eigenvalue weighted by Gasteiger charge is -2.07. The maximum atomic E-state index is 10.9. The van der Waals surface area contributed by atoms with Crippen LogP contribution in [0.15, 0.2) is 18.2 Å². The predicted octanol–water partition coefficient (Wildman–Crippen LogP) is 3.80. The molecule has 0 aromatic heterocycles. The number of unbranched alkanes of at least 4 members (excludes halogenated alkanes) is 1. The second-order valence-electron chi connectivity index (χ2n) is 3.52. The molecule has 6 heteroatoms. The Balaban J connectivity index is 2.58. The van der Waals surface area contributed by atoms with E-state index in [1.165, 1.54) is 6.07 Å². The highest BCUT2D eigenvalue weighted by atomic mass is 35.5. The molecule has 0 spiro atoms. The summed E-state index contributed by atoms with van der Waals surface area (Å²) in [5.41, 5.74) is 0.450. The van der Waals surface area contributed by atoms with Gasteiger partial charge in [-0.15, -0.1) is 0 Å². The topological polar surface area (TPSA) is 55.2 Å². The molecule has 1 N–H and O–H groups in total. The SMILES string of the molecule is CSCCCCNc1cccc(Cl)c1[N+](=O)[O-]. The molecule has 17 heavy (non-hydrogen) atoms. The zero-order valence-electron chi connectivity index (χ0n) is 9.61. The minimum Gasteiger partial charge on any atom is -0.379 e. The molecule has 94 valence electrons. The molecule has 0 atom stereocenters. The van der Waals surface area contributed by atoms with Gasteiger partial charge in [-0.3, -0.25) is 10.1 Å². The van der Waals surface area contributed by atoms with Gasteiger partial charge in [0, 0.05) is 6.54 Å². The number of hydrogen-bond donors (Lipinski definition) is 1. The summed E-state index contributed by atoms with van der Waals surface area (Å²) in [7, 11) is 0. The highest BCUT2D eigenvalue weighted by Crippen LogP contribution is 2.32. The largest absolute Gasteiger partial charge is 0.379 e. The summed E-state index contributed by atoms with van der Waals surface area (Å²) < 4.78 is 0. The maximum Gasteiger partial charge on any atom is 0.310 e. The van der Waals surface area contributed by atoms with Crippen LogP contribution in [0.4, 0.5) is 11.4 Å². The van der Waals surface area contributed by atoms with Crippen molar-refractivity contribution in [3.05, 3.63) is 33.3 Å². The third-order valence-corrected chi connectivity index (χ3v) is 3.26. The number of nitro groups is 1. The normalized spacial score (nSPS) is 10.2. The van der Waals surface area contributed by atoms with Gasteiger partial charge in [0.25, 0.3) is 0 Å². The monoisotopic (exact) mass is 274 g/mol. The number of thioether (sulfide) groups is 1. The van der Waals surface area contributed by atoms with Crippen LogP contribution in [-0.4, -0.2) is 23.5 Å². The van der Waals surface area contributed by atoms with Crippen LogP contribution in [-0.2, 0) is 0 Å². The summed E-state index contributed by atoms with van der Waals surface area (Å²) in [6.45, 7) is 0.724. The third kappa shape index (κ3) is 4.44. The quantitative estimate of drug-likeness (QED) is 0.467. The van der Waals surface area contributed by atoms with E-state index in [4.69, 9.17) is 11.6 Å². The first kappa shape index (κ1) is 14.1. The number of nitro benzene ring substituents is 1. The molecule has 0 fully saturated rings. The van der Waals surface area contributed by atoms with Gasteiger partial charge in [-0.1, -0.05) is 17.7 Å². The Kier molecular flexibility index (Phi) is 6.15. The van der Waals surface area contributed by atoms with Crippen molar-refractivity contribution in [1.82, 2.24) is 0 Å². The zero-order valence-corrected chi connectivity index (χ0v) is 11.2. The van der Waals surface area contributed by atoms with E-state index >= 15 is 0 Å². The van der Waals surface area contributed by atoms with Crippen LogP contribution in [0, 0.1) is 10.1 Å². The number of anilines is 1. The maximum absolute atomic E-state index is 10.9. The number of para-hydroxylation sites is 1. The second kappa shape index (κ2) is 7.40. The Morgan fingerprint density at radius 2 is 2.24 bits per heavy atom. The summed E-state index contributed by atoms with van der Waals surface area (Å²) in [5.74, 6) is 1.11. The Bertz CT molecular complexity index is 388. The highest BCUT2D eigenvalue weighted by molar-refractivity contribution is 7.98. The van der Waals surface area contributed by atoms with Gasteiger partial charge in [0.05, 0.1) is 4.92 Å². The smallest absolute Gasteiger partial charge is 0.310 e. The molecule has 0 aliphatic carbocycles. The van der Waals surface area contributed by atoms with E-state index in [2.05, 4.69) is 11.6 Å². The van der Waals surface area contributed by atoms with Crippen LogP contribution < -0.4 is 5.32 Å². The van der Waals surface area contributed by atoms with Gasteiger partial charge in [-0.05, 0) is 37.0 Å². The van der Waals surface area contributed by atoms with Gasteiger partial charge >= 0.3 is 5.69 Å². The standard InChI is InChI=1S/C11H15ClN2O2S/c1-17-8-3-2-7-13-10-6-4-5-9(12)11(10)14(15)16/h4-6,13H,2-3,7-8H2,1H3. The van der Waals surface area contributed by atoms with E-state index in [-0.39, 0.29) is 10.7 Å². The molecule has 0 heterocycles. The van der Waals surface area contributed by atoms with Gasteiger partial charge in [0.1, 0.15) is 10.7 Å². The average molecular weight is 275 g/mol. The summed E-state index contributed by atoms with van der Waals surface area (Å²) in [6, 6.07) is 4.91. The van der Waals surface area contributed by atoms with Crippen molar-refractivity contribution in [2.45, 2.75) is 12.8 Å². The molecule has 1 aromatic rings. The first-order valence-electron chi connectivity index (χ1n) is 5.32. The van der Waals surface area contributed by atoms with Crippen LogP contribution >= 0.6 is 23.4 Å². The van der Waals surface area contributed by atoms with Gasteiger partial charge < -0.3 is 5.32 Å². The Morgan fingerprint density at radius 3 is 2.88 bits per heavy atom. The molecule has 0 bridgehead atoms. The molecular formula is C11H15ClN2O2S. The molecule has 4 nitrogen and oxygen atoms in total. The lowest BCUT2D eigenvalue weighted by molar-refractivity contribution is -0.383. The molecule has 0 radical (unpaired) electrons. The lowest BCUT2D eigenvalue weighted by Crippen LogP contribution is -2.04. The molecule has 1 rings (SSSR count). The van der Waals surface area contributed by atoms with Crippen molar-refractivity contribution in [3.8, 4) is 0 Å². The van der Waals surface area contributed by atoms with Gasteiger partial charge in [0.2, 0.25) is 0 Å². The van der Waals surface area contributed by atoms with Crippen molar-refractivity contribution in [3.63, 3.8) is 0 Å². The van der Waals surface area contributed by atoms with Gasteiger partial charge in [0.15, 0.2) is 0 Å². The van der Waals surface area contributed by atoms with Crippen LogP contribution in [0.3, 0.4) is 0 Å². The average Bonchev–Trinajstić information content (AvgIpc) is 2.28. The van der Waals surface area contributed by atoms with Crippen molar-refractivity contribution in [2.24, 2.45) is 0 Å². The highest BCUT2D eigenvalue weighted by Gasteiger charge is 2.17. The van der Waals surface area contributed by atoms with Gasteiger partial charge in [-0.25, -0.2) is 0 Å². The molecule has 0 saturated carbocycles. The fourth-order valence-corrected chi connectivity index (χ4v) is 2.17. The Hall–Kier alpha value is -0.940. The van der Waals surface area contributed by atoms with Crippen LogP contribution in [0.25, 0.3) is 0 Å². The van der Waals surface area contributed by atoms with E-state index in [9.17, 15) is 10.1 Å². The van der Waals surface area contributed by atoms with Crippen LogP contribution in [0.5, 0.6) is 0 Å². The van der Waals surface area contributed by atoms with Crippen LogP contribution in [0.2, 0.25) is 5.02 Å². The van der Waals surface area contributed by atoms with E-state index < -0.39 is 4.92 Å². The number of nitrogens with one attached hydrogen (secondary N) is 1. The fourth-order valence-electron chi connectivity index (χ4n) is 1.44. The van der Waals surface area contributed by atoms with Crippen molar-refractivity contribution in [2.75, 3.05) is 23.9 Å². The molecule has 0 saturated heterocycles. The molecule has 0 aliphatic heterocycles. The van der Waals surface area contributed by atoms with E-state index in [0.29, 0.717) is 5.69 Å². The second-order valence-corrected chi connectivity index (χ2v) is 4.91. The van der Waals surface area contributed by atoms with E-state index in [1.54, 1.807) is 23.9 Å². The predicted molar refractivity (Wildman–Crippen MR) is 74.2 cm³/mol. The minimum absolute atomic E-state index is 0.0426. The summed E-state index contributed by atoms with van der Waals surface area (Å²) in [5, 5.41) is 14.1. The first-order chi connectivity index (χ1) is 8.16. The van der Waals surface area contributed by atoms with Crippen molar-refractivity contribution < 1.29 is 4.92 Å². The molecule has 0 unspecified atom stereocenters. The summed E-state index contributed by atoms with van der Waals surface area (Å²) in [6.07, 6.45) is 4.16. The summed E-state index contributed by atoms with van der Waals surface area (Å²) in [4.78, 5) is 10.4. The van der Waals surface area contributed by atoms with E-state index in [1.807, 2.05) is 0 Å². The van der Waals surface area contributed by atoms with Crippen molar-refractivity contribution >= 4 is 34.7 Å². The number of benzene rings is 1. The number of rotatable bonds is 7.